The fourth-order valence-corrected chi connectivity index (χ4v) is 2.31. The van der Waals surface area contributed by atoms with E-state index in [0.717, 1.165) is 17.7 Å². The Morgan fingerprint density at radius 2 is 1.22 bits per heavy atom. The molecule has 0 N–H and O–H groups in total. The van der Waals surface area contributed by atoms with E-state index in [0.29, 0.717) is 24.3 Å². The number of aldehydes is 1. The van der Waals surface area contributed by atoms with Crippen LogP contribution in [0.3, 0.4) is 0 Å². The lowest BCUT2D eigenvalue weighted by Crippen LogP contribution is -2.01. The Labute approximate surface area is 178 Å². The molecule has 3 nitrogen and oxygen atoms in total. The second kappa shape index (κ2) is 11.5. The highest BCUT2D eigenvalue weighted by Crippen LogP contribution is 2.16. The van der Waals surface area contributed by atoms with Crippen molar-refractivity contribution >= 4 is 18.3 Å². The Morgan fingerprint density at radius 3 is 1.69 bits per heavy atom. The van der Waals surface area contributed by atoms with Crippen LogP contribution in [-0.4, -0.2) is 12.3 Å². The maximum atomic E-state index is 13.3. The van der Waals surface area contributed by atoms with Gasteiger partial charge >= 0.3 is 5.97 Å². The van der Waals surface area contributed by atoms with Crippen LogP contribution in [-0.2, 0) is 16.1 Å². The van der Waals surface area contributed by atoms with Crippen molar-refractivity contribution in [3.8, 4) is 0 Å². The first-order chi connectivity index (χ1) is 15.2. The molecule has 0 aliphatic carbocycles. The maximum absolute atomic E-state index is 13.3. The van der Waals surface area contributed by atoms with E-state index in [-0.39, 0.29) is 12.9 Å². The highest BCUT2D eigenvalue weighted by molar-refractivity contribution is 5.87. The van der Waals surface area contributed by atoms with Crippen LogP contribution in [0.4, 0.5) is 26.3 Å². The van der Waals surface area contributed by atoms with Crippen molar-refractivity contribution in [1.29, 1.82) is 0 Å². The second-order valence-electron chi connectivity index (χ2n) is 6.11. The van der Waals surface area contributed by atoms with Gasteiger partial charge in [-0.25, -0.2) is 31.1 Å². The number of rotatable bonds is 5. The van der Waals surface area contributed by atoms with Crippen molar-refractivity contribution in [2.45, 2.75) is 6.61 Å². The monoisotopic (exact) mass is 452 g/mol. The summed E-state index contributed by atoms with van der Waals surface area (Å²) in [6.45, 7) is 0.0540. The summed E-state index contributed by atoms with van der Waals surface area (Å²) in [5, 5.41) is 0. The molecular weight excluding hydrogens is 438 g/mol. The summed E-state index contributed by atoms with van der Waals surface area (Å²) >= 11 is 0. The molecular formula is C23H14F6O3. The van der Waals surface area contributed by atoms with Crippen LogP contribution in [0.1, 0.15) is 21.5 Å². The number of carbonyl (C=O) groups is 2. The number of halogens is 6. The van der Waals surface area contributed by atoms with Gasteiger partial charge in [-0.1, -0.05) is 30.3 Å². The molecule has 9 heteroatoms. The standard InChI is InChI=1S/C16H11F3O2.C7H3F3O/c17-12-8-14(18)13(15(19)9-12)6-7-16(20)21-10-11-4-2-1-3-5-11;8-4-1-6(9)5(3-11)7(10)2-4/h1-9H,10H2;1-3H/b7-6+;. The summed E-state index contributed by atoms with van der Waals surface area (Å²) in [4.78, 5) is 21.4. The molecule has 0 saturated carbocycles. The van der Waals surface area contributed by atoms with Crippen LogP contribution in [0.25, 0.3) is 6.08 Å². The van der Waals surface area contributed by atoms with Crippen molar-refractivity contribution in [2.75, 3.05) is 0 Å². The highest BCUT2D eigenvalue weighted by Gasteiger charge is 2.10. The van der Waals surface area contributed by atoms with Gasteiger partial charge in [0.2, 0.25) is 0 Å². The van der Waals surface area contributed by atoms with Gasteiger partial charge in [0.25, 0.3) is 0 Å². The molecule has 0 spiro atoms. The molecule has 3 aromatic rings. The number of carbonyl (C=O) groups excluding carboxylic acids is 2. The fourth-order valence-electron chi connectivity index (χ4n) is 2.31. The molecule has 0 amide bonds. The van der Waals surface area contributed by atoms with Crippen molar-refractivity contribution in [3.05, 3.63) is 112 Å². The fraction of sp³-hybridized carbons (Fsp3) is 0.0435. The van der Waals surface area contributed by atoms with Gasteiger partial charge in [-0.2, -0.15) is 0 Å². The van der Waals surface area contributed by atoms with Crippen molar-refractivity contribution < 1.29 is 40.7 Å². The minimum atomic E-state index is -1.18. The minimum absolute atomic E-state index is 0.00407. The first kappa shape index (κ1) is 24.4. The zero-order valence-electron chi connectivity index (χ0n) is 16.1. The second-order valence-corrected chi connectivity index (χ2v) is 6.11. The van der Waals surface area contributed by atoms with Crippen LogP contribution < -0.4 is 0 Å². The number of ether oxygens (including phenoxy) is 1. The molecule has 0 fully saturated rings. The van der Waals surface area contributed by atoms with Crippen LogP contribution in [0, 0.1) is 34.9 Å². The first-order valence-electron chi connectivity index (χ1n) is 8.84. The predicted octanol–water partition coefficient (Wildman–Crippen LogP) is 5.78. The molecule has 0 saturated heterocycles. The Hall–Kier alpha value is -3.88. The van der Waals surface area contributed by atoms with Crippen LogP contribution in [0.5, 0.6) is 0 Å². The van der Waals surface area contributed by atoms with Gasteiger partial charge in [0.05, 0.1) is 5.56 Å². The summed E-state index contributed by atoms with van der Waals surface area (Å²) < 4.78 is 81.2. The van der Waals surface area contributed by atoms with Gasteiger partial charge in [0.1, 0.15) is 41.5 Å². The molecule has 166 valence electrons. The summed E-state index contributed by atoms with van der Waals surface area (Å²) in [6.07, 6.45) is 1.81. The lowest BCUT2D eigenvalue weighted by Gasteiger charge is -2.02. The molecule has 0 radical (unpaired) electrons. The SMILES string of the molecule is O=C(/C=C/c1c(F)cc(F)cc1F)OCc1ccccc1.O=Cc1c(F)cc(F)cc1F. The van der Waals surface area contributed by atoms with Gasteiger partial charge in [0.15, 0.2) is 6.29 Å². The Kier molecular flexibility index (Phi) is 8.76. The molecule has 0 aliphatic heterocycles. The van der Waals surface area contributed by atoms with E-state index in [9.17, 15) is 35.9 Å². The topological polar surface area (TPSA) is 43.4 Å². The summed E-state index contributed by atoms with van der Waals surface area (Å²) in [5.41, 5.74) is -0.446. The van der Waals surface area contributed by atoms with E-state index in [1.54, 1.807) is 24.3 Å². The maximum Gasteiger partial charge on any atom is 0.331 e. The lowest BCUT2D eigenvalue weighted by molar-refractivity contribution is -0.138. The summed E-state index contributed by atoms with van der Waals surface area (Å²) in [6, 6.07) is 10.9. The van der Waals surface area contributed by atoms with E-state index in [1.165, 1.54) is 0 Å². The van der Waals surface area contributed by atoms with E-state index >= 15 is 0 Å². The van der Waals surface area contributed by atoms with Gasteiger partial charge in [0, 0.05) is 35.9 Å². The van der Waals surface area contributed by atoms with Crippen molar-refractivity contribution in [2.24, 2.45) is 0 Å². The van der Waals surface area contributed by atoms with E-state index in [2.05, 4.69) is 0 Å². The van der Waals surface area contributed by atoms with Crippen LogP contribution in [0.2, 0.25) is 0 Å². The first-order valence-corrected chi connectivity index (χ1v) is 8.84. The van der Waals surface area contributed by atoms with Crippen molar-refractivity contribution in [1.82, 2.24) is 0 Å². The highest BCUT2D eigenvalue weighted by atomic mass is 19.2. The molecule has 0 unspecified atom stereocenters. The third kappa shape index (κ3) is 7.12. The average Bonchev–Trinajstić information content (AvgIpc) is 2.72. The van der Waals surface area contributed by atoms with Gasteiger partial charge < -0.3 is 4.74 Å². The Balaban J connectivity index is 0.000000278. The Bertz CT molecular complexity index is 1080. The quantitative estimate of drug-likeness (QED) is 0.214. The smallest absolute Gasteiger partial charge is 0.331 e. The van der Waals surface area contributed by atoms with E-state index in [4.69, 9.17) is 4.74 Å². The number of hydrogen-bond donors (Lipinski definition) is 0. The number of benzene rings is 3. The van der Waals surface area contributed by atoms with Crippen LogP contribution in [0.15, 0.2) is 60.7 Å². The van der Waals surface area contributed by atoms with Gasteiger partial charge in [-0.15, -0.1) is 0 Å². The third-order valence-electron chi connectivity index (χ3n) is 3.82. The number of hydrogen-bond acceptors (Lipinski definition) is 3. The molecule has 0 heterocycles. The average molecular weight is 452 g/mol. The third-order valence-corrected chi connectivity index (χ3v) is 3.82. The minimum Gasteiger partial charge on any atom is -0.458 e. The predicted molar refractivity (Wildman–Crippen MR) is 103 cm³/mol. The van der Waals surface area contributed by atoms with Crippen molar-refractivity contribution in [3.63, 3.8) is 0 Å². The number of esters is 1. The normalized spacial score (nSPS) is 10.4. The van der Waals surface area contributed by atoms with Gasteiger partial charge in [-0.05, 0) is 11.6 Å². The lowest BCUT2D eigenvalue weighted by atomic mass is 10.2. The summed E-state index contributed by atoms with van der Waals surface area (Å²) in [5.74, 6) is -7.34. The van der Waals surface area contributed by atoms with E-state index in [1.807, 2.05) is 6.07 Å². The van der Waals surface area contributed by atoms with Gasteiger partial charge in [-0.3, -0.25) is 4.79 Å². The molecule has 3 rings (SSSR count). The molecule has 0 aliphatic rings. The largest absolute Gasteiger partial charge is 0.458 e. The van der Waals surface area contributed by atoms with E-state index < -0.39 is 52.0 Å². The zero-order valence-corrected chi connectivity index (χ0v) is 16.1. The molecule has 3 aromatic carbocycles. The molecule has 0 aromatic heterocycles. The molecule has 0 atom stereocenters. The summed E-state index contributed by atoms with van der Waals surface area (Å²) in [7, 11) is 0. The van der Waals surface area contributed by atoms with Crippen LogP contribution >= 0.6 is 0 Å². The zero-order chi connectivity index (χ0) is 23.7. The Morgan fingerprint density at radius 1 is 0.750 bits per heavy atom. The molecule has 32 heavy (non-hydrogen) atoms. The molecule has 0 bridgehead atoms.